The van der Waals surface area contributed by atoms with Gasteiger partial charge in [-0.2, -0.15) is 13.2 Å². The van der Waals surface area contributed by atoms with Gasteiger partial charge in [0.1, 0.15) is 43.5 Å². The van der Waals surface area contributed by atoms with E-state index in [-0.39, 0.29) is 35.5 Å². The molecular formula is C50H49F3N8O7. The fraction of sp³-hybridized carbons (Fsp3) is 0.260. The third-order valence-corrected chi connectivity index (χ3v) is 10.6. The lowest BCUT2D eigenvalue weighted by Crippen LogP contribution is -2.30. The Morgan fingerprint density at radius 1 is 0.838 bits per heavy atom. The van der Waals surface area contributed by atoms with Gasteiger partial charge in [-0.1, -0.05) is 24.1 Å². The summed E-state index contributed by atoms with van der Waals surface area (Å²) in [4.78, 5) is 32.3. The number of hydrogen-bond acceptors (Lipinski definition) is 14. The Kier molecular flexibility index (Phi) is 16.4. The number of carbonyl (C=O) groups is 1. The van der Waals surface area contributed by atoms with E-state index in [4.69, 9.17) is 34.5 Å². The number of carbonyl (C=O) groups excluding carboxylic acids is 1. The number of oxazole rings is 1. The van der Waals surface area contributed by atoms with E-state index in [1.165, 1.54) is 31.1 Å². The zero-order valence-corrected chi connectivity index (χ0v) is 37.5. The molecular weight excluding hydrogens is 882 g/mol. The molecule has 1 amide bonds. The molecule has 1 aliphatic heterocycles. The lowest BCUT2D eigenvalue weighted by Gasteiger charge is -2.20. The summed E-state index contributed by atoms with van der Waals surface area (Å²) in [5.74, 6) is 4.66. The molecule has 8 rings (SSSR count). The summed E-state index contributed by atoms with van der Waals surface area (Å²) in [5, 5.41) is 9.77. The fourth-order valence-corrected chi connectivity index (χ4v) is 7.11. The summed E-state index contributed by atoms with van der Waals surface area (Å²) >= 11 is 0. The second-order valence-electron chi connectivity index (χ2n) is 15.3. The number of methoxy groups -OCH3 is 2. The number of nitrogens with zero attached hydrogens (tertiary/aromatic N) is 5. The standard InChI is InChI=1S/C28H26F3N5O3.C22H23N3O4/c1-36-10-4-7-22(36)16-38-23-13-19(28(29,30)31)12-21(14-23)35-27(37)24-8-3-9-33-26(24)34-20-6-2-5-18(11-20)25-15-32-17-39-25;1-4-16-6-5-7-17(12-16)25-22-18-13-20(28-10-8-26-2)21(29-11-9-27-3)14-19(18)23-15-24-22/h2-3,5-6,8-9,11-15,17,22H,4,7,10,16H2,1H3,(H,33,34)(H,35,37);1,5-7,12-15H,8-11H2,2-3H3,(H,23,24,25)/t22-;/m1./s1. The summed E-state index contributed by atoms with van der Waals surface area (Å²) < 4.78 is 73.8. The van der Waals surface area contributed by atoms with Crippen LogP contribution in [0.4, 0.5) is 41.9 Å². The number of rotatable bonds is 18. The predicted molar refractivity (Wildman–Crippen MR) is 252 cm³/mol. The molecule has 15 nitrogen and oxygen atoms in total. The molecule has 3 N–H and O–H groups in total. The summed E-state index contributed by atoms with van der Waals surface area (Å²) in [6, 6.07) is 25.0. The maximum Gasteiger partial charge on any atom is 0.416 e. The van der Waals surface area contributed by atoms with Crippen LogP contribution in [-0.2, 0) is 15.7 Å². The first-order valence-corrected chi connectivity index (χ1v) is 21.4. The van der Waals surface area contributed by atoms with Crippen LogP contribution in [0.1, 0.15) is 34.3 Å². The molecule has 7 aromatic rings. The SMILES string of the molecule is C#Cc1cccc(Nc2ncnc3cc(OCCOC)c(OCCOC)cc23)c1.CN1CCC[C@@H]1COc1cc(NC(=O)c2cccnc2Nc2cccc(-c3cnco3)c2)cc(C(F)(F)F)c1. The highest BCUT2D eigenvalue weighted by Crippen LogP contribution is 2.37. The Morgan fingerprint density at radius 3 is 2.29 bits per heavy atom. The van der Waals surface area contributed by atoms with E-state index in [2.05, 4.69) is 46.7 Å². The number of fused-ring (bicyclic) bond motifs is 1. The van der Waals surface area contributed by atoms with Gasteiger partial charge in [-0.3, -0.25) is 4.79 Å². The topological polar surface area (TPSA) is 167 Å². The Morgan fingerprint density at radius 2 is 1.59 bits per heavy atom. The molecule has 1 aliphatic rings. The van der Waals surface area contributed by atoms with Gasteiger partial charge in [0.2, 0.25) is 0 Å². The van der Waals surface area contributed by atoms with Crippen molar-refractivity contribution in [3.63, 3.8) is 0 Å². The number of terminal acetylenes is 1. The molecule has 68 heavy (non-hydrogen) atoms. The lowest BCUT2D eigenvalue weighted by molar-refractivity contribution is -0.137. The number of ether oxygens (including phenoxy) is 5. The largest absolute Gasteiger partial charge is 0.492 e. The Bertz CT molecular complexity index is 2820. The normalized spacial score (nSPS) is 13.5. The number of hydrogen-bond donors (Lipinski definition) is 3. The number of benzene rings is 4. The zero-order valence-electron chi connectivity index (χ0n) is 37.5. The first kappa shape index (κ1) is 48.2. The molecule has 0 spiro atoms. The Hall–Kier alpha value is -7.72. The van der Waals surface area contributed by atoms with Crippen LogP contribution in [-0.4, -0.2) is 97.6 Å². The number of aromatic nitrogens is 4. The van der Waals surface area contributed by atoms with Crippen molar-refractivity contribution in [3.05, 3.63) is 133 Å². The van der Waals surface area contributed by atoms with Gasteiger partial charge in [-0.15, -0.1) is 6.42 Å². The summed E-state index contributed by atoms with van der Waals surface area (Å²) in [7, 11) is 5.21. The molecule has 352 valence electrons. The van der Waals surface area contributed by atoms with Crippen molar-refractivity contribution < 1.29 is 46.1 Å². The second-order valence-corrected chi connectivity index (χ2v) is 15.3. The van der Waals surface area contributed by atoms with E-state index < -0.39 is 17.6 Å². The van der Waals surface area contributed by atoms with Crippen LogP contribution >= 0.6 is 0 Å². The molecule has 4 aromatic carbocycles. The molecule has 1 saturated heterocycles. The van der Waals surface area contributed by atoms with E-state index in [9.17, 15) is 18.0 Å². The highest BCUT2D eigenvalue weighted by molar-refractivity contribution is 6.08. The van der Waals surface area contributed by atoms with E-state index in [0.717, 1.165) is 59.2 Å². The van der Waals surface area contributed by atoms with Crippen molar-refractivity contribution in [2.24, 2.45) is 0 Å². The maximum atomic E-state index is 13.6. The highest BCUT2D eigenvalue weighted by Gasteiger charge is 2.32. The van der Waals surface area contributed by atoms with Crippen LogP contribution in [0.5, 0.6) is 17.2 Å². The van der Waals surface area contributed by atoms with Gasteiger partial charge in [0.25, 0.3) is 5.91 Å². The second kappa shape index (κ2) is 23.1. The van der Waals surface area contributed by atoms with Crippen LogP contribution < -0.4 is 30.2 Å². The van der Waals surface area contributed by atoms with Gasteiger partial charge >= 0.3 is 6.18 Å². The molecule has 0 unspecified atom stereocenters. The molecule has 1 atom stereocenters. The van der Waals surface area contributed by atoms with Crippen LogP contribution in [0.2, 0.25) is 0 Å². The highest BCUT2D eigenvalue weighted by atomic mass is 19.4. The predicted octanol–water partition coefficient (Wildman–Crippen LogP) is 9.63. The van der Waals surface area contributed by atoms with Crippen LogP contribution in [0.15, 0.2) is 121 Å². The zero-order chi connectivity index (χ0) is 47.9. The third kappa shape index (κ3) is 13.0. The van der Waals surface area contributed by atoms with Crippen molar-refractivity contribution in [1.29, 1.82) is 0 Å². The van der Waals surface area contributed by atoms with Gasteiger partial charge in [0, 0.05) is 72.2 Å². The van der Waals surface area contributed by atoms with E-state index in [1.807, 2.05) is 49.5 Å². The van der Waals surface area contributed by atoms with Crippen molar-refractivity contribution >= 4 is 45.5 Å². The lowest BCUT2D eigenvalue weighted by atomic mass is 10.1. The minimum Gasteiger partial charge on any atom is -0.492 e. The maximum absolute atomic E-state index is 13.6. The van der Waals surface area contributed by atoms with Crippen molar-refractivity contribution in [2.75, 3.05) is 76.8 Å². The average Bonchev–Trinajstić information content (AvgIpc) is 4.04. The average molecular weight is 931 g/mol. The Labute approximate surface area is 391 Å². The van der Waals surface area contributed by atoms with Crippen LogP contribution in [0.25, 0.3) is 22.2 Å². The molecule has 1 fully saturated rings. The molecule has 4 heterocycles. The van der Waals surface area contributed by atoms with Gasteiger partial charge in [0.15, 0.2) is 23.7 Å². The number of anilines is 5. The number of likely N-dealkylation sites (tertiary alicyclic amines) is 1. The molecule has 0 aliphatic carbocycles. The van der Waals surface area contributed by atoms with Gasteiger partial charge < -0.3 is 49.0 Å². The number of halogens is 3. The van der Waals surface area contributed by atoms with Crippen molar-refractivity contribution in [2.45, 2.75) is 25.1 Å². The van der Waals surface area contributed by atoms with E-state index >= 15 is 0 Å². The fourth-order valence-electron chi connectivity index (χ4n) is 7.11. The van der Waals surface area contributed by atoms with Crippen LogP contribution in [0, 0.1) is 12.3 Å². The van der Waals surface area contributed by atoms with Crippen molar-refractivity contribution in [3.8, 4) is 40.9 Å². The van der Waals surface area contributed by atoms with E-state index in [0.29, 0.717) is 55.2 Å². The first-order chi connectivity index (χ1) is 33.0. The van der Waals surface area contributed by atoms with Gasteiger partial charge in [-0.25, -0.2) is 19.9 Å². The smallest absolute Gasteiger partial charge is 0.416 e. The molecule has 0 radical (unpaired) electrons. The summed E-state index contributed by atoms with van der Waals surface area (Å²) in [5.41, 5.74) is 2.93. The minimum atomic E-state index is -4.61. The quantitative estimate of drug-likeness (QED) is 0.0550. The number of amides is 1. The molecule has 3 aromatic heterocycles. The molecule has 0 bridgehead atoms. The molecule has 18 heteroatoms. The van der Waals surface area contributed by atoms with Crippen LogP contribution in [0.3, 0.4) is 0 Å². The number of likely N-dealkylation sites (N-methyl/N-ethyl adjacent to an activating group) is 1. The minimum absolute atomic E-state index is 0.0354. The first-order valence-electron chi connectivity index (χ1n) is 21.4. The van der Waals surface area contributed by atoms with Crippen molar-refractivity contribution in [1.82, 2.24) is 24.8 Å². The third-order valence-electron chi connectivity index (χ3n) is 10.6. The number of alkyl halides is 3. The van der Waals surface area contributed by atoms with Gasteiger partial charge in [-0.05, 0) is 87.1 Å². The van der Waals surface area contributed by atoms with Gasteiger partial charge in [0.05, 0.1) is 36.1 Å². The number of pyridine rings is 1. The van der Waals surface area contributed by atoms with E-state index in [1.54, 1.807) is 44.7 Å². The number of nitrogens with one attached hydrogen (secondary N) is 3. The monoisotopic (exact) mass is 930 g/mol. The Balaban J connectivity index is 0.000000211. The summed E-state index contributed by atoms with van der Waals surface area (Å²) in [6.45, 7) is 2.91. The molecule has 0 saturated carbocycles. The summed E-state index contributed by atoms with van der Waals surface area (Å²) in [6.07, 6.45) is 8.73.